The van der Waals surface area contributed by atoms with E-state index in [1.807, 2.05) is 0 Å². The zero-order valence-electron chi connectivity index (χ0n) is 51.4. The Labute approximate surface area is 482 Å². The summed E-state index contributed by atoms with van der Waals surface area (Å²) in [5.74, 6) is 0. The van der Waals surface area contributed by atoms with Crippen molar-refractivity contribution in [1.29, 1.82) is 0 Å². The van der Waals surface area contributed by atoms with Crippen LogP contribution in [0.15, 0.2) is 158 Å². The van der Waals surface area contributed by atoms with E-state index in [0.29, 0.717) is 0 Å². The largest absolute Gasteiger partial charge is 0.310 e. The van der Waals surface area contributed by atoms with Crippen LogP contribution < -0.4 is 16.4 Å². The molecule has 2 aliphatic heterocycles. The quantitative estimate of drug-likeness (QED) is 0.161. The second-order valence-corrected chi connectivity index (χ2v) is 30.2. The van der Waals surface area contributed by atoms with E-state index in [0.717, 1.165) is 22.5 Å². The van der Waals surface area contributed by atoms with Gasteiger partial charge in [0.1, 0.15) is 0 Å². The van der Waals surface area contributed by atoms with Crippen LogP contribution in [0.1, 0.15) is 158 Å². The maximum atomic E-state index is 5.56. The summed E-state index contributed by atoms with van der Waals surface area (Å²) in [6.45, 7) is 42.5. The van der Waals surface area contributed by atoms with Crippen molar-refractivity contribution in [2.24, 2.45) is 0 Å². The average Bonchev–Trinajstić information content (AvgIpc) is 2.95. The van der Waals surface area contributed by atoms with E-state index in [2.05, 4.69) is 291 Å². The summed E-state index contributed by atoms with van der Waals surface area (Å²) in [7, 11) is 0. The van der Waals surface area contributed by atoms with Crippen molar-refractivity contribution in [1.82, 2.24) is 14.1 Å². The first-order valence-electron chi connectivity index (χ1n) is 29.7. The van der Waals surface area contributed by atoms with Gasteiger partial charge in [0.05, 0.1) is 22.4 Å². The topological polar surface area (TPSA) is 22.8 Å². The fourth-order valence-corrected chi connectivity index (χ4v) is 13.5. The molecule has 0 bridgehead atoms. The molecule has 3 nitrogen and oxygen atoms in total. The third-order valence-electron chi connectivity index (χ3n) is 18.1. The minimum absolute atomic E-state index is 0.0378. The first-order chi connectivity index (χ1) is 37.9. The maximum absolute atomic E-state index is 5.56. The van der Waals surface area contributed by atoms with Gasteiger partial charge in [-0.15, -0.1) is 0 Å². The normalized spacial score (nSPS) is 13.8. The number of pyridine rings is 1. The van der Waals surface area contributed by atoms with E-state index in [9.17, 15) is 0 Å². The molecule has 0 unspecified atom stereocenters. The number of hydrogen-bond donors (Lipinski definition) is 0. The summed E-state index contributed by atoms with van der Waals surface area (Å²) in [6.07, 6.45) is 0. The summed E-state index contributed by atoms with van der Waals surface area (Å²) in [5.41, 5.74) is 28.5. The third-order valence-corrected chi connectivity index (χ3v) is 18.1. The van der Waals surface area contributed by atoms with Gasteiger partial charge in [-0.05, 0) is 153 Å². The summed E-state index contributed by atoms with van der Waals surface area (Å²) in [4.78, 5) is 5.56. The first-order valence-corrected chi connectivity index (χ1v) is 29.7. The molecule has 11 aromatic rings. The number of hydrogen-bond acceptors (Lipinski definition) is 1. The molecule has 0 aliphatic carbocycles. The average molecular weight is 1060 g/mol. The monoisotopic (exact) mass is 1060 g/mol. The lowest BCUT2D eigenvalue weighted by atomic mass is 9.34. The Morgan fingerprint density at radius 3 is 1.10 bits per heavy atom. The molecule has 0 spiro atoms. The maximum Gasteiger partial charge on any atom is 0.252 e. The number of benzene rings is 8. The molecule has 0 amide bonds. The minimum atomic E-state index is -0.155. The van der Waals surface area contributed by atoms with Crippen molar-refractivity contribution in [3.63, 3.8) is 0 Å². The summed E-state index contributed by atoms with van der Waals surface area (Å²) in [6, 6.07) is 61.6. The van der Waals surface area contributed by atoms with E-state index in [1.54, 1.807) is 0 Å². The molecule has 0 fully saturated rings. The molecule has 0 saturated carbocycles. The molecule has 81 heavy (non-hydrogen) atoms. The molecule has 0 N–H and O–H groups in total. The van der Waals surface area contributed by atoms with Crippen LogP contribution in [-0.4, -0.2) is 20.8 Å². The number of rotatable bonds is 4. The van der Waals surface area contributed by atoms with Gasteiger partial charge in [-0.1, -0.05) is 234 Å². The molecule has 8 aromatic carbocycles. The molecule has 2 aliphatic rings. The predicted molar refractivity (Wildman–Crippen MR) is 352 cm³/mol. The van der Waals surface area contributed by atoms with Crippen LogP contribution in [0, 0.1) is 0 Å². The molecule has 5 heterocycles. The highest BCUT2D eigenvalue weighted by molar-refractivity contribution is 7.00. The van der Waals surface area contributed by atoms with Crippen LogP contribution in [0.5, 0.6) is 0 Å². The molecule has 0 radical (unpaired) electrons. The van der Waals surface area contributed by atoms with E-state index in [1.165, 1.54) is 127 Å². The van der Waals surface area contributed by atoms with Crippen molar-refractivity contribution < 1.29 is 0 Å². The zero-order valence-corrected chi connectivity index (χ0v) is 51.4. The smallest absolute Gasteiger partial charge is 0.252 e. The highest BCUT2D eigenvalue weighted by Gasteiger charge is 2.44. The van der Waals surface area contributed by atoms with Gasteiger partial charge in [0, 0.05) is 55.1 Å². The second-order valence-electron chi connectivity index (χ2n) is 30.2. The fraction of sp³-hybridized carbons (Fsp3) is 0.312. The number of nitrogens with zero attached hydrogens (tertiary/aromatic N) is 3. The Balaban J connectivity index is 1.26. The first kappa shape index (κ1) is 52.9. The van der Waals surface area contributed by atoms with Gasteiger partial charge in [-0.25, -0.2) is 4.98 Å². The number of aromatic nitrogens is 3. The minimum Gasteiger partial charge on any atom is -0.310 e. The van der Waals surface area contributed by atoms with Gasteiger partial charge >= 0.3 is 0 Å². The molecular formula is C77H80BN3. The molecule has 13 rings (SSSR count). The van der Waals surface area contributed by atoms with Crippen molar-refractivity contribution in [2.45, 2.75) is 157 Å². The van der Waals surface area contributed by atoms with Gasteiger partial charge in [-0.2, -0.15) is 0 Å². The third kappa shape index (κ3) is 8.47. The summed E-state index contributed by atoms with van der Waals surface area (Å²) in [5, 5.41) is 5.31. The van der Waals surface area contributed by atoms with Crippen molar-refractivity contribution in [3.05, 3.63) is 191 Å². The van der Waals surface area contributed by atoms with Crippen LogP contribution in [0.25, 0.3) is 99.8 Å². The van der Waals surface area contributed by atoms with E-state index in [4.69, 9.17) is 4.98 Å². The Morgan fingerprint density at radius 2 is 0.716 bits per heavy atom. The molecule has 3 aromatic heterocycles. The van der Waals surface area contributed by atoms with Crippen LogP contribution in [0.3, 0.4) is 0 Å². The molecule has 406 valence electrons. The molecule has 0 saturated heterocycles. The van der Waals surface area contributed by atoms with Gasteiger partial charge in [-0.3, -0.25) is 0 Å². The lowest BCUT2D eigenvalue weighted by Crippen LogP contribution is -2.59. The van der Waals surface area contributed by atoms with E-state index < -0.39 is 0 Å². The standard InChI is InChI=1S/C77H80BN3/c1-72(2,3)51-31-27-45(28-32-51)48-35-55-67-57(76(13,14)15)41-53(74(7,8)9)43-63(67)80-65-39-50(62-26-22-25-61(79-62)47-23-20-19-21-24-47)40-66-69(65)78(59(37-48)70(55)80)60-38-49(46-29-33-52(34-30-46)73(4,5)6)36-56-68-58(77(16,17)18)42-54(75(10,11)12)44-64(68)81(66)71(56)60/h19-44H,1-18H3. The predicted octanol–water partition coefficient (Wildman–Crippen LogP) is 18.9. The Bertz CT molecular complexity index is 4160. The van der Waals surface area contributed by atoms with Gasteiger partial charge < -0.3 is 9.13 Å². The Morgan fingerprint density at radius 1 is 0.321 bits per heavy atom. The molecular weight excluding hydrogens is 978 g/mol. The molecule has 4 heteroatoms. The van der Waals surface area contributed by atoms with Crippen LogP contribution in [0.4, 0.5) is 0 Å². The van der Waals surface area contributed by atoms with Crippen molar-refractivity contribution >= 4 is 66.7 Å². The lowest BCUT2D eigenvalue weighted by Gasteiger charge is -2.35. The number of fused-ring (bicyclic) bond motifs is 10. The highest BCUT2D eigenvalue weighted by Crippen LogP contribution is 2.48. The van der Waals surface area contributed by atoms with Gasteiger partial charge in [0.15, 0.2) is 0 Å². The van der Waals surface area contributed by atoms with Crippen LogP contribution in [-0.2, 0) is 32.5 Å². The lowest BCUT2D eigenvalue weighted by molar-refractivity contribution is 0.572. The van der Waals surface area contributed by atoms with Crippen LogP contribution >= 0.6 is 0 Å². The highest BCUT2D eigenvalue weighted by atomic mass is 15.0. The van der Waals surface area contributed by atoms with Crippen molar-refractivity contribution in [2.75, 3.05) is 0 Å². The molecule has 0 atom stereocenters. The van der Waals surface area contributed by atoms with Crippen molar-refractivity contribution in [3.8, 4) is 56.1 Å². The second kappa shape index (κ2) is 17.5. The van der Waals surface area contributed by atoms with Gasteiger partial charge in [0.2, 0.25) is 0 Å². The summed E-state index contributed by atoms with van der Waals surface area (Å²) < 4.78 is 5.42. The van der Waals surface area contributed by atoms with E-state index >= 15 is 0 Å². The van der Waals surface area contributed by atoms with Gasteiger partial charge in [0.25, 0.3) is 6.71 Å². The fourth-order valence-electron chi connectivity index (χ4n) is 13.5. The van der Waals surface area contributed by atoms with Crippen LogP contribution in [0.2, 0.25) is 0 Å². The van der Waals surface area contributed by atoms with E-state index in [-0.39, 0.29) is 39.2 Å². The Hall–Kier alpha value is -7.43. The SMILES string of the molecule is CC(C)(C)c1ccc(-c2cc3c4c(c2)c2c(C(C)(C)C)cc(C(C)(C)C)cc2n4-c2cc(-c4cccc(-c5ccccc5)n4)cc4c2B3c2cc(-c3ccc(C(C)(C)C)cc3)cc3c5c(C(C)(C)C)cc(C(C)(C)C)cc5n-4c23)cc1. The summed E-state index contributed by atoms with van der Waals surface area (Å²) >= 11 is 0. The Kier molecular flexibility index (Phi) is 11.5. The zero-order chi connectivity index (χ0) is 57.4.